The van der Waals surface area contributed by atoms with Gasteiger partial charge in [-0.25, -0.2) is 8.42 Å². The van der Waals surface area contributed by atoms with Gasteiger partial charge in [0.1, 0.15) is 0 Å². The van der Waals surface area contributed by atoms with Crippen molar-refractivity contribution in [2.45, 2.75) is 45.1 Å². The van der Waals surface area contributed by atoms with Crippen LogP contribution in [-0.2, 0) is 19.6 Å². The van der Waals surface area contributed by atoms with E-state index in [4.69, 9.17) is 4.74 Å². The topological polar surface area (TPSA) is 63.7 Å². The van der Waals surface area contributed by atoms with Gasteiger partial charge in [0.05, 0.1) is 18.0 Å². The van der Waals surface area contributed by atoms with Gasteiger partial charge in [-0.1, -0.05) is 59.1 Å². The van der Waals surface area contributed by atoms with Crippen LogP contribution in [0.3, 0.4) is 0 Å². The Bertz CT molecular complexity index is 1140. The number of hydrogen-bond donors (Lipinski definition) is 0. The van der Waals surface area contributed by atoms with Gasteiger partial charge in [-0.15, -0.1) is 0 Å². The Labute approximate surface area is 185 Å². The van der Waals surface area contributed by atoms with Gasteiger partial charge in [0.15, 0.2) is 5.60 Å². The van der Waals surface area contributed by atoms with E-state index in [0.29, 0.717) is 0 Å². The quantitative estimate of drug-likeness (QED) is 0.529. The monoisotopic (exact) mass is 437 g/mol. The zero-order valence-corrected chi connectivity index (χ0v) is 19.3. The lowest BCUT2D eigenvalue weighted by atomic mass is 10.1. The molecule has 0 heterocycles. The number of ether oxygens (including phenoxy) is 1. The van der Waals surface area contributed by atoms with E-state index in [1.807, 2.05) is 38.1 Å². The van der Waals surface area contributed by atoms with Crippen molar-refractivity contribution in [2.75, 3.05) is 13.1 Å². The molecule has 162 valence electrons. The molecule has 0 radical (unpaired) electrons. The van der Waals surface area contributed by atoms with Crippen LogP contribution in [0.2, 0.25) is 0 Å². The molecule has 0 aromatic heterocycles. The van der Waals surface area contributed by atoms with Crippen molar-refractivity contribution in [2.24, 2.45) is 0 Å². The average molecular weight is 438 g/mol. The van der Waals surface area contributed by atoms with Gasteiger partial charge in [-0.3, -0.25) is 4.79 Å². The maximum atomic E-state index is 13.2. The van der Waals surface area contributed by atoms with Crippen molar-refractivity contribution in [3.05, 3.63) is 65.2 Å². The van der Waals surface area contributed by atoms with Gasteiger partial charge in [0.25, 0.3) is 0 Å². The summed E-state index contributed by atoms with van der Waals surface area (Å²) in [5.41, 5.74) is 1.88. The molecule has 0 bridgehead atoms. The second kappa shape index (κ2) is 10.3. The van der Waals surface area contributed by atoms with E-state index in [2.05, 4.69) is 23.7 Å². The molecule has 0 aliphatic carbocycles. The molecule has 0 amide bonds. The summed E-state index contributed by atoms with van der Waals surface area (Å²) in [6.45, 7) is 8.39. The summed E-state index contributed by atoms with van der Waals surface area (Å²) < 4.78 is 32.7. The van der Waals surface area contributed by atoms with Gasteiger partial charge in [-0.2, -0.15) is 4.31 Å². The van der Waals surface area contributed by atoms with E-state index in [9.17, 15) is 13.2 Å². The first-order valence-electron chi connectivity index (χ1n) is 9.81. The molecule has 0 aliphatic rings. The van der Waals surface area contributed by atoms with Crippen molar-refractivity contribution in [3.63, 3.8) is 0 Å². The Hall–Kier alpha value is -3.06. The molecule has 0 aliphatic heterocycles. The Morgan fingerprint density at radius 1 is 0.935 bits per heavy atom. The molecule has 5 nitrogen and oxygen atoms in total. The lowest BCUT2D eigenvalue weighted by molar-refractivity contribution is -0.148. The number of carbonyl (C=O) groups excluding carboxylic acids is 1. The molecule has 0 fully saturated rings. The molecule has 0 atom stereocenters. The summed E-state index contributed by atoms with van der Waals surface area (Å²) in [6.07, 6.45) is 0. The van der Waals surface area contributed by atoms with Crippen LogP contribution < -0.4 is 0 Å². The van der Waals surface area contributed by atoms with Crippen molar-refractivity contribution in [1.29, 1.82) is 0 Å². The minimum absolute atomic E-state index is 0.0211. The minimum Gasteiger partial charge on any atom is -0.447 e. The number of esters is 1. The highest BCUT2D eigenvalue weighted by atomic mass is 32.2. The number of nitrogens with zero attached hydrogens (tertiary/aromatic N) is 1. The van der Waals surface area contributed by atoms with Gasteiger partial charge in [-0.05, 0) is 52.0 Å². The van der Waals surface area contributed by atoms with E-state index < -0.39 is 21.6 Å². The van der Waals surface area contributed by atoms with Crippen molar-refractivity contribution in [1.82, 2.24) is 4.31 Å². The smallest absolute Gasteiger partial charge is 0.304 e. The molecular formula is C25H27NO4S. The Balaban J connectivity index is 2.30. The van der Waals surface area contributed by atoms with Gasteiger partial charge < -0.3 is 4.74 Å². The highest BCUT2D eigenvalue weighted by molar-refractivity contribution is 7.89. The van der Waals surface area contributed by atoms with Crippen LogP contribution >= 0.6 is 0 Å². The molecule has 2 aromatic rings. The van der Waals surface area contributed by atoms with Crippen LogP contribution in [0, 0.1) is 37.5 Å². The largest absolute Gasteiger partial charge is 0.447 e. The minimum atomic E-state index is -3.80. The SMILES string of the molecule is CC(=O)OC(C)(C)C#CCN(CC#Cc1ccc(C)cc1)S(=O)(=O)c1ccc(C)cc1. The maximum absolute atomic E-state index is 13.2. The third-order valence-electron chi connectivity index (χ3n) is 4.24. The number of hydrogen-bond acceptors (Lipinski definition) is 4. The molecule has 0 saturated carbocycles. The second-order valence-electron chi connectivity index (χ2n) is 7.66. The summed E-state index contributed by atoms with van der Waals surface area (Å²) in [5, 5.41) is 0. The highest BCUT2D eigenvalue weighted by Crippen LogP contribution is 2.16. The van der Waals surface area contributed by atoms with E-state index in [1.54, 1.807) is 38.1 Å². The van der Waals surface area contributed by atoms with Crippen LogP contribution in [0.15, 0.2) is 53.4 Å². The predicted molar refractivity (Wildman–Crippen MR) is 122 cm³/mol. The molecule has 2 rings (SSSR count). The zero-order chi connectivity index (χ0) is 23.1. The Morgan fingerprint density at radius 2 is 1.45 bits per heavy atom. The molecule has 0 spiro atoms. The number of benzene rings is 2. The maximum Gasteiger partial charge on any atom is 0.304 e. The highest BCUT2D eigenvalue weighted by Gasteiger charge is 2.23. The summed E-state index contributed by atoms with van der Waals surface area (Å²) in [6, 6.07) is 14.3. The van der Waals surface area contributed by atoms with Crippen LogP contribution in [0.1, 0.15) is 37.5 Å². The first-order valence-corrected chi connectivity index (χ1v) is 11.3. The lowest BCUT2D eigenvalue weighted by Crippen LogP contribution is -2.32. The third kappa shape index (κ3) is 7.61. The van der Waals surface area contributed by atoms with Crippen LogP contribution in [-0.4, -0.2) is 37.4 Å². The van der Waals surface area contributed by atoms with Gasteiger partial charge in [0, 0.05) is 12.5 Å². The predicted octanol–water partition coefficient (Wildman–Crippen LogP) is 3.69. The number of rotatable bonds is 5. The molecule has 31 heavy (non-hydrogen) atoms. The summed E-state index contributed by atoms with van der Waals surface area (Å²) in [7, 11) is -3.80. The fourth-order valence-corrected chi connectivity index (χ4v) is 3.92. The summed E-state index contributed by atoms with van der Waals surface area (Å²) in [4.78, 5) is 11.4. The van der Waals surface area contributed by atoms with Crippen molar-refractivity contribution >= 4 is 16.0 Å². The zero-order valence-electron chi connectivity index (χ0n) is 18.5. The number of carbonyl (C=O) groups is 1. The van der Waals surface area contributed by atoms with Crippen LogP contribution in [0.5, 0.6) is 0 Å². The normalized spacial score (nSPS) is 11.2. The average Bonchev–Trinajstić information content (AvgIpc) is 2.67. The van der Waals surface area contributed by atoms with Crippen molar-refractivity contribution < 1.29 is 17.9 Å². The lowest BCUT2D eigenvalue weighted by Gasteiger charge is -2.19. The van der Waals surface area contributed by atoms with Gasteiger partial charge in [0.2, 0.25) is 10.0 Å². The first kappa shape index (κ1) is 24.2. The molecular weight excluding hydrogens is 410 g/mol. The fraction of sp³-hybridized carbons (Fsp3) is 0.320. The Kier molecular flexibility index (Phi) is 8.05. The third-order valence-corrected chi connectivity index (χ3v) is 6.05. The fourth-order valence-electron chi connectivity index (χ4n) is 2.68. The first-order chi connectivity index (χ1) is 14.5. The summed E-state index contributed by atoms with van der Waals surface area (Å²) >= 11 is 0. The molecule has 0 N–H and O–H groups in total. The van der Waals surface area contributed by atoms with E-state index >= 15 is 0 Å². The summed E-state index contributed by atoms with van der Waals surface area (Å²) in [5.74, 6) is 11.1. The van der Waals surface area contributed by atoms with Gasteiger partial charge >= 0.3 is 5.97 Å². The van der Waals surface area contributed by atoms with E-state index in [0.717, 1.165) is 16.7 Å². The van der Waals surface area contributed by atoms with Crippen LogP contribution in [0.4, 0.5) is 0 Å². The number of sulfonamides is 1. The van der Waals surface area contributed by atoms with Crippen molar-refractivity contribution in [3.8, 4) is 23.7 Å². The Morgan fingerprint density at radius 3 is 2.00 bits per heavy atom. The van der Waals surface area contributed by atoms with E-state index in [-0.39, 0.29) is 18.0 Å². The molecule has 0 saturated heterocycles. The number of aryl methyl sites for hydroxylation is 2. The molecule has 6 heteroatoms. The standard InChI is InChI=1S/C25H27NO4S/c1-20-9-13-23(14-10-20)8-6-18-26(19-7-17-25(4,5)30-22(3)27)31(28,29)24-15-11-21(2)12-16-24/h9-16H,18-19H2,1-5H3. The van der Waals surface area contributed by atoms with E-state index in [1.165, 1.54) is 11.2 Å². The molecule has 2 aromatic carbocycles. The van der Waals surface area contributed by atoms with Crippen LogP contribution in [0.25, 0.3) is 0 Å². The molecule has 0 unspecified atom stereocenters. The second-order valence-corrected chi connectivity index (χ2v) is 9.60.